The first-order valence-electron chi connectivity index (χ1n) is 13.0. The maximum absolute atomic E-state index is 12.4. The third-order valence-corrected chi connectivity index (χ3v) is 5.55. The predicted octanol–water partition coefficient (Wildman–Crippen LogP) is -7.06. The third kappa shape index (κ3) is 12.4. The van der Waals surface area contributed by atoms with Gasteiger partial charge in [-0.05, 0) is 11.8 Å². The van der Waals surface area contributed by atoms with Crippen molar-refractivity contribution in [3.05, 3.63) is 47.8 Å². The van der Waals surface area contributed by atoms with Crippen LogP contribution >= 0.6 is 0 Å². The number of imidazole rings is 2. The summed E-state index contributed by atoms with van der Waals surface area (Å²) in [6.45, 7) is -3.04. The number of aromatic amines is 2. The third-order valence-electron chi connectivity index (χ3n) is 5.55. The Labute approximate surface area is 258 Å². The number of carboxylic acids is 2. The number of nitrogens with two attached hydrogens (primary N) is 2. The number of rotatable bonds is 18. The van der Waals surface area contributed by atoms with Gasteiger partial charge in [-0.1, -0.05) is 0 Å². The highest BCUT2D eigenvalue weighted by atomic mass is 16.4. The summed E-state index contributed by atoms with van der Waals surface area (Å²) < 4.78 is 0. The van der Waals surface area contributed by atoms with Crippen LogP contribution in [0, 0.1) is 0 Å². The molecule has 0 aliphatic carbocycles. The first-order chi connectivity index (χ1) is 21.8. The molecule has 2 atom stereocenters. The molecule has 2 unspecified atom stereocenters. The minimum absolute atomic E-state index is 0.151. The van der Waals surface area contributed by atoms with E-state index in [-0.39, 0.29) is 12.8 Å². The standard InChI is InChI=1S/C24H32N12O10/c25-19(23(45)29-5-15(37)35-13(1-11-3-27-9-33-11)21(43)31-7-17(39)40)20(26)24(46)30-6-16(38)36-14(2-12-4-28-10-34-12)22(44)32-8-18(41)42/h3-4,9-10,13-14H,1-2,5-8,25-26H2,(H,27,33)(H,28,34)(H,29,45)(H,30,46)(H,31,43)(H,32,44)(H,35,37)(H,36,38)(H,39,40)(H,41,42)/p-2/b20-19+. The number of aliphatic carboxylic acids is 2. The number of hydrogen-bond acceptors (Lipinski definition) is 14. The number of carbonyl (C=O) groups excluding carboxylic acids is 4. The molecule has 0 bridgehead atoms. The van der Waals surface area contributed by atoms with E-state index in [0.717, 1.165) is 0 Å². The van der Waals surface area contributed by atoms with Crippen LogP contribution in [0.5, 0.6) is 0 Å². The molecule has 2 rings (SSSR count). The molecule has 0 fully saturated rings. The second kappa shape index (κ2) is 17.6. The largest absolute Gasteiger partial charge is 0.861 e. The van der Waals surface area contributed by atoms with Gasteiger partial charge in [-0.2, -0.15) is 0 Å². The number of nitrogens with one attached hydrogen (secondary N) is 6. The first-order valence-corrected chi connectivity index (χ1v) is 13.0. The highest BCUT2D eigenvalue weighted by Crippen LogP contribution is 2.04. The van der Waals surface area contributed by atoms with E-state index in [1.165, 1.54) is 25.0 Å². The lowest BCUT2D eigenvalue weighted by Crippen LogP contribution is -2.44. The van der Waals surface area contributed by atoms with Crippen molar-refractivity contribution in [2.24, 2.45) is 21.5 Å². The lowest BCUT2D eigenvalue weighted by atomic mass is 10.1. The van der Waals surface area contributed by atoms with Crippen molar-refractivity contribution in [1.82, 2.24) is 41.2 Å². The first kappa shape index (κ1) is 35.7. The Morgan fingerprint density at radius 2 is 1.07 bits per heavy atom. The molecule has 2 heterocycles. The van der Waals surface area contributed by atoms with Crippen LogP contribution in [0.3, 0.4) is 0 Å². The summed E-state index contributed by atoms with van der Waals surface area (Å²) in [6, 6.07) is -2.75. The van der Waals surface area contributed by atoms with E-state index in [1.807, 2.05) is 0 Å². The molecule has 0 radical (unpaired) electrons. The summed E-state index contributed by atoms with van der Waals surface area (Å²) in [5.74, 6) is -8.80. The van der Waals surface area contributed by atoms with Gasteiger partial charge in [0, 0.05) is 49.7 Å². The van der Waals surface area contributed by atoms with Gasteiger partial charge in [-0.25, -0.2) is 9.97 Å². The fourth-order valence-corrected chi connectivity index (χ4v) is 3.35. The molecule has 12 N–H and O–H groups in total. The number of carboxylic acid groups (broad SMARTS) is 2. The van der Waals surface area contributed by atoms with Gasteiger partial charge in [-0.3, -0.25) is 38.8 Å². The number of carbonyl (C=O) groups is 6. The Balaban J connectivity index is 2.01. The monoisotopic (exact) mass is 646 g/mol. The van der Waals surface area contributed by atoms with Crippen molar-refractivity contribution >= 4 is 47.4 Å². The van der Waals surface area contributed by atoms with E-state index in [4.69, 9.17) is 21.7 Å². The molecular formula is C24H30N12O10-2. The maximum atomic E-state index is 12.4. The van der Waals surface area contributed by atoms with Crippen molar-refractivity contribution in [2.75, 3.05) is 26.2 Å². The van der Waals surface area contributed by atoms with E-state index < -0.39 is 97.0 Å². The molecule has 46 heavy (non-hydrogen) atoms. The quantitative estimate of drug-likeness (QED) is 0.0409. The second-order valence-corrected chi connectivity index (χ2v) is 9.06. The molecule has 4 amide bonds. The minimum atomic E-state index is -1.38. The number of aliphatic imine (C=N–C) groups is 2. The SMILES string of the molecule is N/C(C(=O)NCC([O-])=NC(Cc1cnc[nH]1)C(=O)NCC(=O)O)=C(/N)C(=O)NCC([O-])=NC(Cc1cnc[nH]1)C(=O)NCC(=O)O. The van der Waals surface area contributed by atoms with Gasteiger partial charge < -0.3 is 63.1 Å². The van der Waals surface area contributed by atoms with Crippen LogP contribution in [-0.4, -0.2) is 116 Å². The van der Waals surface area contributed by atoms with Crippen LogP contribution in [0.15, 0.2) is 46.4 Å². The van der Waals surface area contributed by atoms with E-state index in [2.05, 4.69) is 51.2 Å². The van der Waals surface area contributed by atoms with Gasteiger partial charge in [0.1, 0.15) is 36.6 Å². The van der Waals surface area contributed by atoms with Crippen molar-refractivity contribution in [2.45, 2.75) is 24.9 Å². The van der Waals surface area contributed by atoms with Crippen LogP contribution in [-0.2, 0) is 41.6 Å². The van der Waals surface area contributed by atoms with Gasteiger partial charge in [0.2, 0.25) is 11.8 Å². The molecule has 0 aromatic carbocycles. The maximum Gasteiger partial charge on any atom is 0.322 e. The topological polar surface area (TPSA) is 371 Å². The summed E-state index contributed by atoms with van der Waals surface area (Å²) in [5, 5.41) is 50.6. The molecule has 22 nitrogen and oxygen atoms in total. The lowest BCUT2D eigenvalue weighted by molar-refractivity contribution is -0.218. The van der Waals surface area contributed by atoms with Gasteiger partial charge >= 0.3 is 11.9 Å². The Morgan fingerprint density at radius 1 is 0.696 bits per heavy atom. The summed E-state index contributed by atoms with van der Waals surface area (Å²) in [7, 11) is 0. The van der Waals surface area contributed by atoms with Crippen molar-refractivity contribution < 1.29 is 49.2 Å². The molecule has 0 aliphatic heterocycles. The Hall–Kier alpha value is -6.48. The van der Waals surface area contributed by atoms with Crippen molar-refractivity contribution in [1.29, 1.82) is 0 Å². The van der Waals surface area contributed by atoms with Crippen LogP contribution in [0.25, 0.3) is 0 Å². The van der Waals surface area contributed by atoms with Crippen LogP contribution < -0.4 is 42.9 Å². The molecule has 22 heteroatoms. The number of aromatic nitrogens is 4. The zero-order valence-electron chi connectivity index (χ0n) is 23.8. The molecule has 0 aliphatic rings. The highest BCUT2D eigenvalue weighted by Gasteiger charge is 2.21. The fourth-order valence-electron chi connectivity index (χ4n) is 3.35. The highest BCUT2D eigenvalue weighted by molar-refractivity contribution is 6.04. The van der Waals surface area contributed by atoms with Gasteiger partial charge in [0.05, 0.1) is 12.7 Å². The Morgan fingerprint density at radius 3 is 1.37 bits per heavy atom. The van der Waals surface area contributed by atoms with E-state index in [0.29, 0.717) is 11.4 Å². The summed E-state index contributed by atoms with van der Waals surface area (Å²) >= 11 is 0. The minimum Gasteiger partial charge on any atom is -0.861 e. The number of hydrogen-bond donors (Lipinski definition) is 10. The zero-order valence-corrected chi connectivity index (χ0v) is 23.8. The van der Waals surface area contributed by atoms with Gasteiger partial charge in [0.15, 0.2) is 0 Å². The normalized spacial score (nSPS) is 13.5. The zero-order chi connectivity index (χ0) is 34.2. The van der Waals surface area contributed by atoms with E-state index in [9.17, 15) is 39.0 Å². The van der Waals surface area contributed by atoms with Gasteiger partial charge in [0.25, 0.3) is 11.8 Å². The summed E-state index contributed by atoms with van der Waals surface area (Å²) in [6.07, 6.45) is 5.04. The molecule has 2 aromatic heterocycles. The number of H-pyrrole nitrogens is 2. The molecule has 248 valence electrons. The molecule has 2 aromatic rings. The lowest BCUT2D eigenvalue weighted by Gasteiger charge is -2.18. The average Bonchev–Trinajstić information content (AvgIpc) is 3.73. The molecule has 0 saturated heterocycles. The predicted molar refractivity (Wildman–Crippen MR) is 150 cm³/mol. The molecule has 0 spiro atoms. The summed E-state index contributed by atoms with van der Waals surface area (Å²) in [4.78, 5) is 91.3. The smallest absolute Gasteiger partial charge is 0.322 e. The van der Waals surface area contributed by atoms with Crippen molar-refractivity contribution in [3.63, 3.8) is 0 Å². The fraction of sp³-hybridized carbons (Fsp3) is 0.333. The average molecular weight is 647 g/mol. The molecule has 0 saturated carbocycles. The van der Waals surface area contributed by atoms with E-state index in [1.54, 1.807) is 0 Å². The number of nitrogens with zero attached hydrogens (tertiary/aromatic N) is 4. The Kier molecular flexibility index (Phi) is 13.7. The van der Waals surface area contributed by atoms with Crippen molar-refractivity contribution in [3.8, 4) is 0 Å². The summed E-state index contributed by atoms with van der Waals surface area (Å²) in [5.41, 5.74) is 10.3. The second-order valence-electron chi connectivity index (χ2n) is 9.06. The van der Waals surface area contributed by atoms with Crippen LogP contribution in [0.2, 0.25) is 0 Å². The number of amides is 4. The molecular weight excluding hydrogens is 616 g/mol. The van der Waals surface area contributed by atoms with Gasteiger partial charge in [-0.15, -0.1) is 0 Å². The van der Waals surface area contributed by atoms with Crippen LogP contribution in [0.4, 0.5) is 0 Å². The Bertz CT molecular complexity index is 1370. The van der Waals surface area contributed by atoms with Crippen LogP contribution in [0.1, 0.15) is 11.4 Å². The van der Waals surface area contributed by atoms with E-state index >= 15 is 0 Å².